The number of thiazole rings is 1. The zero-order valence-electron chi connectivity index (χ0n) is 25.3. The minimum atomic E-state index is -0.945. The van der Waals surface area contributed by atoms with Gasteiger partial charge in [0.1, 0.15) is 5.01 Å². The maximum absolute atomic E-state index is 12.4. The number of aromatic nitrogens is 1. The van der Waals surface area contributed by atoms with Gasteiger partial charge in [-0.25, -0.2) is 4.98 Å². The van der Waals surface area contributed by atoms with Crippen LogP contribution in [0.3, 0.4) is 0 Å². The van der Waals surface area contributed by atoms with Crippen LogP contribution in [0.4, 0.5) is 5.69 Å². The van der Waals surface area contributed by atoms with Gasteiger partial charge in [0.25, 0.3) is 5.91 Å². The fraction of sp³-hybridized carbons (Fsp3) is 0.184. The first-order valence-electron chi connectivity index (χ1n) is 15.4. The molecular formula is C38H34ClN3O3S. The molecule has 1 amide bonds. The standard InChI is InChI=1S/C38H34ClN3O3S/c39-31-18-15-27(16-19-31)35-36(28-9-5-2-6-10-28)46-38(42-35)32-23-30(26-7-3-1-4-8-26)17-20-33(32)41-24-25-11-13-29(14-12-25)37(45)40-22-21-34(43)44/h2,5-7,9-20,23,41H,1,3-4,8,21-22,24H2,(H,40,45)(H,43,44). The summed E-state index contributed by atoms with van der Waals surface area (Å²) in [6, 6.07) is 32.2. The van der Waals surface area contributed by atoms with Gasteiger partial charge in [0, 0.05) is 40.5 Å². The molecule has 5 aromatic rings. The van der Waals surface area contributed by atoms with Crippen molar-refractivity contribution in [3.8, 4) is 32.3 Å². The highest BCUT2D eigenvalue weighted by molar-refractivity contribution is 7.19. The number of allylic oxidation sites excluding steroid dienone is 2. The van der Waals surface area contributed by atoms with E-state index in [0.717, 1.165) is 56.4 Å². The summed E-state index contributed by atoms with van der Waals surface area (Å²) in [6.07, 6.45) is 6.87. The lowest BCUT2D eigenvalue weighted by Gasteiger charge is -2.17. The topological polar surface area (TPSA) is 91.3 Å². The van der Waals surface area contributed by atoms with Gasteiger partial charge in [-0.05, 0) is 84.3 Å². The average molecular weight is 648 g/mol. The number of benzene rings is 4. The first-order chi connectivity index (χ1) is 22.4. The van der Waals surface area contributed by atoms with E-state index in [1.165, 1.54) is 24.0 Å². The molecule has 1 aliphatic rings. The summed E-state index contributed by atoms with van der Waals surface area (Å²) < 4.78 is 0. The van der Waals surface area contributed by atoms with Crippen LogP contribution in [0.15, 0.2) is 103 Å². The van der Waals surface area contributed by atoms with Crippen molar-refractivity contribution in [2.75, 3.05) is 11.9 Å². The second-order valence-corrected chi connectivity index (χ2v) is 12.7. The lowest BCUT2D eigenvalue weighted by Crippen LogP contribution is -2.25. The highest BCUT2D eigenvalue weighted by Crippen LogP contribution is 2.43. The maximum atomic E-state index is 12.4. The lowest BCUT2D eigenvalue weighted by molar-refractivity contribution is -0.136. The molecule has 0 spiro atoms. The number of halogens is 1. The lowest BCUT2D eigenvalue weighted by atomic mass is 9.92. The van der Waals surface area contributed by atoms with Crippen molar-refractivity contribution >= 4 is 46.1 Å². The number of anilines is 1. The Hall–Kier alpha value is -4.72. The van der Waals surface area contributed by atoms with Gasteiger partial charge in [-0.2, -0.15) is 0 Å². The number of amides is 1. The molecular weight excluding hydrogens is 614 g/mol. The number of carbonyl (C=O) groups is 2. The maximum Gasteiger partial charge on any atom is 0.305 e. The molecule has 0 unspecified atom stereocenters. The molecule has 46 heavy (non-hydrogen) atoms. The number of rotatable bonds is 11. The summed E-state index contributed by atoms with van der Waals surface area (Å²) in [7, 11) is 0. The third-order valence-electron chi connectivity index (χ3n) is 8.02. The molecule has 0 fully saturated rings. The summed E-state index contributed by atoms with van der Waals surface area (Å²) in [5, 5.41) is 16.7. The van der Waals surface area contributed by atoms with Crippen molar-refractivity contribution < 1.29 is 14.7 Å². The number of nitrogens with one attached hydrogen (secondary N) is 2. The molecule has 0 bridgehead atoms. The molecule has 8 heteroatoms. The van der Waals surface area contributed by atoms with E-state index in [1.807, 2.05) is 42.5 Å². The molecule has 3 N–H and O–H groups in total. The van der Waals surface area contributed by atoms with E-state index >= 15 is 0 Å². The van der Waals surface area contributed by atoms with Gasteiger partial charge in [0.2, 0.25) is 0 Å². The number of aliphatic carboxylic acids is 1. The van der Waals surface area contributed by atoms with Crippen LogP contribution in [-0.4, -0.2) is 28.5 Å². The van der Waals surface area contributed by atoms with Gasteiger partial charge in [0.05, 0.1) is 17.0 Å². The minimum Gasteiger partial charge on any atom is -0.481 e. The van der Waals surface area contributed by atoms with E-state index in [4.69, 9.17) is 21.7 Å². The summed E-state index contributed by atoms with van der Waals surface area (Å²) in [5.41, 5.74) is 9.18. The Morgan fingerprint density at radius 2 is 1.63 bits per heavy atom. The average Bonchev–Trinajstić information content (AvgIpc) is 3.54. The van der Waals surface area contributed by atoms with Crippen LogP contribution in [0, 0.1) is 0 Å². The van der Waals surface area contributed by atoms with E-state index in [-0.39, 0.29) is 18.9 Å². The van der Waals surface area contributed by atoms with Gasteiger partial charge in [0.15, 0.2) is 0 Å². The summed E-state index contributed by atoms with van der Waals surface area (Å²) in [5.74, 6) is -1.23. The molecule has 6 nitrogen and oxygen atoms in total. The molecule has 4 aromatic carbocycles. The highest BCUT2D eigenvalue weighted by Gasteiger charge is 2.20. The molecule has 232 valence electrons. The Balaban J connectivity index is 1.33. The fourth-order valence-electron chi connectivity index (χ4n) is 5.56. The zero-order chi connectivity index (χ0) is 31.9. The second-order valence-electron chi connectivity index (χ2n) is 11.3. The Morgan fingerprint density at radius 3 is 2.35 bits per heavy atom. The van der Waals surface area contributed by atoms with Gasteiger partial charge < -0.3 is 15.7 Å². The number of carboxylic acids is 1. The van der Waals surface area contributed by atoms with E-state index in [2.05, 4.69) is 59.2 Å². The van der Waals surface area contributed by atoms with Crippen LogP contribution < -0.4 is 10.6 Å². The van der Waals surface area contributed by atoms with Crippen molar-refractivity contribution in [3.05, 3.63) is 125 Å². The van der Waals surface area contributed by atoms with Crippen LogP contribution >= 0.6 is 22.9 Å². The molecule has 0 saturated heterocycles. The third-order valence-corrected chi connectivity index (χ3v) is 9.41. The summed E-state index contributed by atoms with van der Waals surface area (Å²) >= 11 is 7.92. The quantitative estimate of drug-likeness (QED) is 0.133. The van der Waals surface area contributed by atoms with Crippen LogP contribution in [0.25, 0.3) is 37.8 Å². The molecule has 1 heterocycles. The van der Waals surface area contributed by atoms with Gasteiger partial charge in [-0.3, -0.25) is 9.59 Å². The Labute approximate surface area is 277 Å². The predicted molar refractivity (Wildman–Crippen MR) is 188 cm³/mol. The molecule has 6 rings (SSSR count). The third kappa shape index (κ3) is 7.56. The van der Waals surface area contributed by atoms with Crippen LogP contribution in [-0.2, 0) is 11.3 Å². The molecule has 1 aromatic heterocycles. The highest BCUT2D eigenvalue weighted by atomic mass is 35.5. The SMILES string of the molecule is O=C(O)CCNC(=O)c1ccc(CNc2ccc(C3=CCCCC3)cc2-c2nc(-c3ccc(Cl)cc3)c(-c3ccccc3)s2)cc1. The molecule has 0 radical (unpaired) electrons. The summed E-state index contributed by atoms with van der Waals surface area (Å²) in [4.78, 5) is 29.5. The van der Waals surface area contributed by atoms with Crippen molar-refractivity contribution in [2.24, 2.45) is 0 Å². The van der Waals surface area contributed by atoms with Crippen molar-refractivity contribution in [2.45, 2.75) is 38.6 Å². The number of nitrogens with zero attached hydrogens (tertiary/aromatic N) is 1. The Kier molecular flexibility index (Phi) is 9.91. The van der Waals surface area contributed by atoms with E-state index < -0.39 is 5.97 Å². The predicted octanol–water partition coefficient (Wildman–Crippen LogP) is 9.57. The largest absolute Gasteiger partial charge is 0.481 e. The molecule has 1 aliphatic carbocycles. The number of hydrogen-bond acceptors (Lipinski definition) is 5. The van der Waals surface area contributed by atoms with Gasteiger partial charge >= 0.3 is 5.97 Å². The smallest absolute Gasteiger partial charge is 0.305 e. The number of carboxylic acid groups (broad SMARTS) is 1. The first kappa shape index (κ1) is 31.3. The van der Waals surface area contributed by atoms with Gasteiger partial charge in [-0.1, -0.05) is 78.3 Å². The molecule has 0 aliphatic heterocycles. The van der Waals surface area contributed by atoms with Gasteiger partial charge in [-0.15, -0.1) is 11.3 Å². The van der Waals surface area contributed by atoms with E-state index in [1.54, 1.807) is 23.5 Å². The normalized spacial score (nSPS) is 12.8. The van der Waals surface area contributed by atoms with E-state index in [0.29, 0.717) is 17.1 Å². The van der Waals surface area contributed by atoms with Crippen LogP contribution in [0.1, 0.15) is 53.6 Å². The first-order valence-corrected chi connectivity index (χ1v) is 16.6. The van der Waals surface area contributed by atoms with Crippen LogP contribution in [0.2, 0.25) is 5.02 Å². The van der Waals surface area contributed by atoms with Crippen molar-refractivity contribution in [3.63, 3.8) is 0 Å². The zero-order valence-corrected chi connectivity index (χ0v) is 26.8. The minimum absolute atomic E-state index is 0.0929. The molecule has 0 saturated carbocycles. The van der Waals surface area contributed by atoms with Crippen LogP contribution in [0.5, 0.6) is 0 Å². The Morgan fingerprint density at radius 1 is 0.870 bits per heavy atom. The van der Waals surface area contributed by atoms with Crippen molar-refractivity contribution in [1.82, 2.24) is 10.3 Å². The monoisotopic (exact) mass is 647 g/mol. The van der Waals surface area contributed by atoms with E-state index in [9.17, 15) is 9.59 Å². The second kappa shape index (κ2) is 14.6. The number of hydrogen-bond donors (Lipinski definition) is 3. The summed E-state index contributed by atoms with van der Waals surface area (Å²) in [6.45, 7) is 0.645. The fourth-order valence-corrected chi connectivity index (χ4v) is 6.80. The number of carbonyl (C=O) groups excluding carboxylic acids is 1. The Bertz CT molecular complexity index is 1870. The van der Waals surface area contributed by atoms with Crippen molar-refractivity contribution in [1.29, 1.82) is 0 Å². The molecule has 0 atom stereocenters.